The van der Waals surface area contributed by atoms with E-state index in [4.69, 9.17) is 10.7 Å². The normalized spacial score (nSPS) is 16.0. The Labute approximate surface area is 240 Å². The van der Waals surface area contributed by atoms with E-state index < -0.39 is 24.2 Å². The number of benzene rings is 2. The molecule has 2 amide bonds. The van der Waals surface area contributed by atoms with Gasteiger partial charge in [0.1, 0.15) is 24.1 Å². The van der Waals surface area contributed by atoms with Crippen LogP contribution in [0.25, 0.3) is 11.3 Å². The van der Waals surface area contributed by atoms with Gasteiger partial charge >= 0.3 is 6.03 Å². The maximum atomic E-state index is 14.2. The molecule has 4 rings (SSSR count). The second-order valence-corrected chi connectivity index (χ2v) is 12.0. The van der Waals surface area contributed by atoms with E-state index >= 15 is 0 Å². The number of carbonyl (C=O) groups excluding carboxylic acids is 1. The van der Waals surface area contributed by atoms with E-state index in [1.165, 1.54) is 24.3 Å². The molecule has 2 N–H and O–H groups in total. The molecule has 3 aromatic rings. The largest absolute Gasteiger partial charge is 0.328 e. The highest BCUT2D eigenvalue weighted by Gasteiger charge is 2.40. The first-order valence-corrected chi connectivity index (χ1v) is 14.1. The van der Waals surface area contributed by atoms with Crippen molar-refractivity contribution in [1.29, 1.82) is 0 Å². The van der Waals surface area contributed by atoms with Crippen LogP contribution in [0, 0.1) is 17.0 Å². The predicted octanol–water partition coefficient (Wildman–Crippen LogP) is 5.32. The Bertz CT molecular complexity index is 1320. The molecule has 0 spiro atoms. The summed E-state index contributed by atoms with van der Waals surface area (Å²) in [6.07, 6.45) is 2.10. The van der Waals surface area contributed by atoms with E-state index in [1.54, 1.807) is 23.1 Å². The molecule has 1 saturated heterocycles. The Morgan fingerprint density at radius 2 is 1.71 bits per heavy atom. The van der Waals surface area contributed by atoms with Gasteiger partial charge in [-0.25, -0.2) is 22.9 Å². The van der Waals surface area contributed by atoms with Gasteiger partial charge in [-0.3, -0.25) is 0 Å². The van der Waals surface area contributed by atoms with Crippen LogP contribution in [0.15, 0.2) is 54.7 Å². The number of hydrogen-bond donors (Lipinski definition) is 1. The number of likely N-dealkylation sites (N-methyl/N-ethyl adjacent to an activating group) is 1. The van der Waals surface area contributed by atoms with Gasteiger partial charge in [-0.2, -0.15) is 0 Å². The number of urea groups is 1. The first-order valence-electron chi connectivity index (χ1n) is 14.1. The lowest BCUT2D eigenvalue weighted by Crippen LogP contribution is -2.55. The molecule has 1 aliphatic heterocycles. The molecule has 1 aliphatic rings. The summed E-state index contributed by atoms with van der Waals surface area (Å²) in [5, 5.41) is 0. The Kier molecular flexibility index (Phi) is 9.76. The molecule has 2 aromatic carbocycles. The summed E-state index contributed by atoms with van der Waals surface area (Å²) in [4.78, 5) is 24.9. The fourth-order valence-electron chi connectivity index (χ4n) is 5.28. The van der Waals surface area contributed by atoms with Gasteiger partial charge in [0.15, 0.2) is 0 Å². The lowest BCUT2D eigenvalue weighted by atomic mass is 9.84. The minimum absolute atomic E-state index is 0.156. The molecular weight excluding hydrogens is 529 g/mol. The molecule has 0 unspecified atom stereocenters. The topological polar surface area (TPSA) is 70.6 Å². The molecular formula is C31H41F3N6O. The molecule has 7 nitrogen and oxygen atoms in total. The summed E-state index contributed by atoms with van der Waals surface area (Å²) >= 11 is 0. The third-order valence-electron chi connectivity index (χ3n) is 7.50. The Balaban J connectivity index is 1.83. The zero-order valence-electron chi connectivity index (χ0n) is 24.4. The van der Waals surface area contributed by atoms with Crippen LogP contribution in [-0.2, 0) is 6.54 Å². The number of nitrogens with two attached hydrogens (primary N) is 1. The van der Waals surface area contributed by atoms with Crippen molar-refractivity contribution in [3.63, 3.8) is 0 Å². The summed E-state index contributed by atoms with van der Waals surface area (Å²) in [6.45, 7) is 8.58. The van der Waals surface area contributed by atoms with E-state index in [0.717, 1.165) is 18.7 Å². The van der Waals surface area contributed by atoms with Crippen molar-refractivity contribution in [1.82, 2.24) is 24.3 Å². The molecule has 1 aromatic heterocycles. The summed E-state index contributed by atoms with van der Waals surface area (Å²) in [7, 11) is 2.02. The SMILES string of the molecule is CN1CCN(C(=O)N(CC[C@H](N)CF)[C@@H](c2nc(-c3cccc(F)c3)cn2Cc2cccc(F)c2)C(C)(C)C)CC1. The molecule has 0 aliphatic carbocycles. The van der Waals surface area contributed by atoms with Crippen molar-refractivity contribution in [2.75, 3.05) is 46.4 Å². The molecule has 1 fully saturated rings. The molecule has 0 radical (unpaired) electrons. The fraction of sp³-hybridized carbons (Fsp3) is 0.484. The highest BCUT2D eigenvalue weighted by atomic mass is 19.1. The average molecular weight is 571 g/mol. The fourth-order valence-corrected chi connectivity index (χ4v) is 5.28. The third kappa shape index (κ3) is 7.68. The first kappa shape index (κ1) is 30.6. The molecule has 222 valence electrons. The van der Waals surface area contributed by atoms with Gasteiger partial charge in [0, 0.05) is 57.1 Å². The number of imidazole rings is 1. The number of nitrogens with zero attached hydrogens (tertiary/aromatic N) is 5. The molecule has 41 heavy (non-hydrogen) atoms. The van der Waals surface area contributed by atoms with Crippen molar-refractivity contribution in [2.45, 2.75) is 45.8 Å². The number of aromatic nitrogens is 2. The van der Waals surface area contributed by atoms with Gasteiger partial charge in [-0.1, -0.05) is 45.0 Å². The lowest BCUT2D eigenvalue weighted by molar-refractivity contribution is 0.0691. The van der Waals surface area contributed by atoms with Crippen LogP contribution in [-0.4, -0.2) is 82.8 Å². The van der Waals surface area contributed by atoms with Gasteiger partial charge in [0.25, 0.3) is 0 Å². The summed E-state index contributed by atoms with van der Waals surface area (Å²) in [5.74, 6) is -0.158. The van der Waals surface area contributed by atoms with Crippen molar-refractivity contribution in [3.05, 3.63) is 77.8 Å². The summed E-state index contributed by atoms with van der Waals surface area (Å²) in [5.41, 5.74) is 7.33. The minimum Gasteiger partial charge on any atom is -0.328 e. The summed E-state index contributed by atoms with van der Waals surface area (Å²) < 4.78 is 43.7. The van der Waals surface area contributed by atoms with Crippen molar-refractivity contribution in [2.24, 2.45) is 11.1 Å². The van der Waals surface area contributed by atoms with Gasteiger partial charge < -0.3 is 25.0 Å². The van der Waals surface area contributed by atoms with Crippen LogP contribution >= 0.6 is 0 Å². The highest BCUT2D eigenvalue weighted by Crippen LogP contribution is 2.40. The van der Waals surface area contributed by atoms with Gasteiger partial charge in [-0.05, 0) is 48.7 Å². The Morgan fingerprint density at radius 1 is 1.05 bits per heavy atom. The zero-order valence-corrected chi connectivity index (χ0v) is 24.4. The zero-order chi connectivity index (χ0) is 29.7. The van der Waals surface area contributed by atoms with Crippen molar-refractivity contribution in [3.8, 4) is 11.3 Å². The number of piperazine rings is 1. The van der Waals surface area contributed by atoms with Crippen LogP contribution in [0.3, 0.4) is 0 Å². The van der Waals surface area contributed by atoms with Crippen LogP contribution in [0.4, 0.5) is 18.0 Å². The third-order valence-corrected chi connectivity index (χ3v) is 7.50. The number of hydrogen-bond acceptors (Lipinski definition) is 4. The smallest absolute Gasteiger partial charge is 0.320 e. The van der Waals surface area contributed by atoms with Crippen molar-refractivity contribution < 1.29 is 18.0 Å². The molecule has 2 heterocycles. The van der Waals surface area contributed by atoms with E-state index in [1.807, 2.05) is 49.5 Å². The monoisotopic (exact) mass is 570 g/mol. The molecule has 2 atom stereocenters. The Morgan fingerprint density at radius 3 is 2.32 bits per heavy atom. The van der Waals surface area contributed by atoms with Crippen LogP contribution < -0.4 is 5.73 Å². The first-order chi connectivity index (χ1) is 19.5. The number of carbonyl (C=O) groups is 1. The number of rotatable bonds is 9. The van der Waals surface area contributed by atoms with Gasteiger partial charge in [0.2, 0.25) is 0 Å². The van der Waals surface area contributed by atoms with Crippen LogP contribution in [0.2, 0.25) is 0 Å². The Hall–Kier alpha value is -3.37. The summed E-state index contributed by atoms with van der Waals surface area (Å²) in [6, 6.07) is 11.1. The quantitative estimate of drug-likeness (QED) is 0.378. The van der Waals surface area contributed by atoms with Crippen molar-refractivity contribution >= 4 is 6.03 Å². The van der Waals surface area contributed by atoms with E-state index in [0.29, 0.717) is 36.7 Å². The molecule has 0 saturated carbocycles. The highest BCUT2D eigenvalue weighted by molar-refractivity contribution is 5.75. The number of halogens is 3. The van der Waals surface area contributed by atoms with E-state index in [2.05, 4.69) is 4.90 Å². The van der Waals surface area contributed by atoms with E-state index in [-0.39, 0.29) is 30.6 Å². The number of amides is 2. The van der Waals surface area contributed by atoms with Crippen LogP contribution in [0.5, 0.6) is 0 Å². The second kappa shape index (κ2) is 13.1. The van der Waals surface area contributed by atoms with Gasteiger partial charge in [-0.15, -0.1) is 0 Å². The van der Waals surface area contributed by atoms with Crippen LogP contribution in [0.1, 0.15) is 44.6 Å². The maximum Gasteiger partial charge on any atom is 0.320 e. The predicted molar refractivity (Wildman–Crippen MR) is 155 cm³/mol. The van der Waals surface area contributed by atoms with Gasteiger partial charge in [0.05, 0.1) is 11.7 Å². The molecule has 0 bridgehead atoms. The lowest BCUT2D eigenvalue weighted by Gasteiger charge is -2.43. The van der Waals surface area contributed by atoms with E-state index in [9.17, 15) is 18.0 Å². The number of alkyl halides is 1. The maximum absolute atomic E-state index is 14.2. The average Bonchev–Trinajstić information content (AvgIpc) is 3.32. The minimum atomic E-state index is -0.701. The standard InChI is InChI=1S/C31H41F3N6O/c1-31(2,3)28(40(12-11-26(35)19-32)30(41)38-15-13-37(4)14-16-38)29-36-27(23-8-6-10-25(34)18-23)21-39(29)20-22-7-5-9-24(33)17-22/h5-10,17-18,21,26,28H,11-16,19-20,35H2,1-4H3/t26-,28-/m0/s1. The molecule has 10 heteroatoms. The second-order valence-electron chi connectivity index (χ2n) is 12.0.